The van der Waals surface area contributed by atoms with Crippen molar-refractivity contribution in [3.8, 4) is 0 Å². The second kappa shape index (κ2) is 16.5. The fraction of sp³-hybridized carbons (Fsp3) is 0.882. The Morgan fingerprint density at radius 2 is 1.00 bits per heavy atom. The number of hydrogen-bond donors (Lipinski definition) is 0. The summed E-state index contributed by atoms with van der Waals surface area (Å²) in [4.78, 5) is 0. The molecule has 0 aliphatic rings. The van der Waals surface area contributed by atoms with Gasteiger partial charge >= 0.3 is 0 Å². The summed E-state index contributed by atoms with van der Waals surface area (Å²) < 4.78 is 0. The van der Waals surface area contributed by atoms with Gasteiger partial charge in [-0.05, 0) is 12.8 Å². The Labute approximate surface area is 115 Å². The zero-order valence-electron chi connectivity index (χ0n) is 12.5. The maximum atomic E-state index is 8.48. The number of allylic oxidation sites excluding steroid dienone is 1. The largest absolute Gasteiger partial charge is 0.160 e. The van der Waals surface area contributed by atoms with Crippen molar-refractivity contribution in [2.75, 3.05) is 0 Å². The lowest BCUT2D eigenvalue weighted by molar-refractivity contribution is 0.540. The zero-order valence-corrected chi connectivity index (χ0v) is 12.5. The molecule has 0 aliphatic heterocycles. The number of nitrogens with zero attached hydrogens (tertiary/aromatic N) is 1. The van der Waals surface area contributed by atoms with Gasteiger partial charge in [0.15, 0.2) is 0 Å². The van der Waals surface area contributed by atoms with Crippen LogP contribution in [-0.2, 0) is 0 Å². The third-order valence-corrected chi connectivity index (χ3v) is 3.58. The van der Waals surface area contributed by atoms with Crippen molar-refractivity contribution in [3.05, 3.63) is 12.3 Å². The summed E-state index contributed by atoms with van der Waals surface area (Å²) in [6.45, 7) is 2.28. The van der Waals surface area contributed by atoms with E-state index in [1.54, 1.807) is 0 Å². The predicted molar refractivity (Wildman–Crippen MR) is 81.6 cm³/mol. The van der Waals surface area contributed by atoms with Gasteiger partial charge in [-0.3, -0.25) is 0 Å². The quantitative estimate of drug-likeness (QED) is 0.335. The molecular formula is C17H33N. The van der Waals surface area contributed by atoms with E-state index in [4.69, 9.17) is 5.73 Å². The summed E-state index contributed by atoms with van der Waals surface area (Å²) in [6, 6.07) is 0. The van der Waals surface area contributed by atoms with Gasteiger partial charge in [0, 0.05) is 6.20 Å². The molecule has 106 valence electrons. The minimum absolute atomic E-state index is 1.04. The summed E-state index contributed by atoms with van der Waals surface area (Å²) in [6.07, 6.45) is 22.2. The molecule has 0 aromatic rings. The molecule has 0 amide bonds. The second-order valence-electron chi connectivity index (χ2n) is 5.42. The highest BCUT2D eigenvalue weighted by atomic mass is 14.5. The molecule has 0 atom stereocenters. The lowest BCUT2D eigenvalue weighted by atomic mass is 10.0. The summed E-state index contributed by atoms with van der Waals surface area (Å²) in [7, 11) is 0. The Morgan fingerprint density at radius 3 is 1.39 bits per heavy atom. The van der Waals surface area contributed by atoms with E-state index in [1.165, 1.54) is 89.7 Å². The minimum Gasteiger partial charge on any atom is -0.160 e. The van der Waals surface area contributed by atoms with Gasteiger partial charge in [0.2, 0.25) is 0 Å². The first kappa shape index (κ1) is 17.5. The van der Waals surface area contributed by atoms with Gasteiger partial charge < -0.3 is 0 Å². The van der Waals surface area contributed by atoms with Crippen molar-refractivity contribution in [1.29, 1.82) is 0 Å². The van der Waals surface area contributed by atoms with E-state index in [0.717, 1.165) is 6.42 Å². The van der Waals surface area contributed by atoms with Gasteiger partial charge in [0.1, 0.15) is 0 Å². The number of hydrogen-bond acceptors (Lipinski definition) is 0. The SMILES string of the molecule is CCCCCCCCCCCCCCCC=C[N]. The van der Waals surface area contributed by atoms with Gasteiger partial charge in [-0.25, -0.2) is 0 Å². The predicted octanol–water partition coefficient (Wildman–Crippen LogP) is 6.05. The van der Waals surface area contributed by atoms with Gasteiger partial charge in [0.25, 0.3) is 0 Å². The summed E-state index contributed by atoms with van der Waals surface area (Å²) in [5.74, 6) is 0. The lowest BCUT2D eigenvalue weighted by Gasteiger charge is -2.02. The van der Waals surface area contributed by atoms with Crippen molar-refractivity contribution >= 4 is 0 Å². The molecule has 0 heterocycles. The fourth-order valence-electron chi connectivity index (χ4n) is 2.35. The fourth-order valence-corrected chi connectivity index (χ4v) is 2.35. The first-order valence-corrected chi connectivity index (χ1v) is 8.21. The molecule has 18 heavy (non-hydrogen) atoms. The maximum absolute atomic E-state index is 8.48. The van der Waals surface area contributed by atoms with Gasteiger partial charge in [-0.15, -0.1) is 0 Å². The van der Waals surface area contributed by atoms with Crippen LogP contribution in [0.15, 0.2) is 12.3 Å². The standard InChI is InChI=1S/C17H33N/c1-2-3-4-5-6-7-8-9-10-11-12-13-14-15-16-17-18/h16-17H,2-15H2,1H3. The molecule has 0 saturated heterocycles. The highest BCUT2D eigenvalue weighted by Gasteiger charge is 1.93. The van der Waals surface area contributed by atoms with Crippen LogP contribution in [0.2, 0.25) is 0 Å². The van der Waals surface area contributed by atoms with E-state index in [1.807, 2.05) is 6.08 Å². The van der Waals surface area contributed by atoms with Crippen molar-refractivity contribution in [2.24, 2.45) is 0 Å². The molecule has 0 spiro atoms. The van der Waals surface area contributed by atoms with Gasteiger partial charge in [-0.1, -0.05) is 90.0 Å². The summed E-state index contributed by atoms with van der Waals surface area (Å²) in [5, 5.41) is 0. The third-order valence-electron chi connectivity index (χ3n) is 3.58. The highest BCUT2D eigenvalue weighted by molar-refractivity contribution is 4.74. The van der Waals surface area contributed by atoms with Crippen molar-refractivity contribution in [2.45, 2.75) is 96.8 Å². The Bertz CT molecular complexity index is 163. The molecule has 1 heteroatoms. The number of rotatable bonds is 14. The molecule has 0 unspecified atom stereocenters. The Kier molecular flexibility index (Phi) is 16.1. The second-order valence-corrected chi connectivity index (χ2v) is 5.42. The first-order chi connectivity index (χ1) is 8.91. The molecule has 0 aliphatic carbocycles. The molecule has 0 bridgehead atoms. The maximum Gasteiger partial charge on any atom is 0.0455 e. The van der Waals surface area contributed by atoms with E-state index < -0.39 is 0 Å². The third kappa shape index (κ3) is 15.5. The van der Waals surface area contributed by atoms with Crippen LogP contribution in [0.5, 0.6) is 0 Å². The van der Waals surface area contributed by atoms with Crippen LogP contribution < -0.4 is 5.73 Å². The van der Waals surface area contributed by atoms with Crippen LogP contribution in [-0.4, -0.2) is 0 Å². The summed E-state index contributed by atoms with van der Waals surface area (Å²) in [5.41, 5.74) is 8.48. The Hall–Kier alpha value is -0.460. The number of unbranched alkanes of at least 4 members (excludes halogenated alkanes) is 13. The molecule has 0 aromatic heterocycles. The topological polar surface area (TPSA) is 22.3 Å². The van der Waals surface area contributed by atoms with Crippen LogP contribution in [0.1, 0.15) is 96.8 Å². The van der Waals surface area contributed by atoms with Crippen molar-refractivity contribution in [1.82, 2.24) is 5.73 Å². The molecule has 1 nitrogen and oxygen atoms in total. The average Bonchev–Trinajstić information content (AvgIpc) is 2.39. The Morgan fingerprint density at radius 1 is 0.611 bits per heavy atom. The average molecular weight is 251 g/mol. The summed E-state index contributed by atoms with van der Waals surface area (Å²) >= 11 is 0. The highest BCUT2D eigenvalue weighted by Crippen LogP contribution is 2.12. The minimum atomic E-state index is 1.04. The van der Waals surface area contributed by atoms with E-state index >= 15 is 0 Å². The smallest absolute Gasteiger partial charge is 0.0455 e. The monoisotopic (exact) mass is 251 g/mol. The normalized spacial score (nSPS) is 11.4. The van der Waals surface area contributed by atoms with Gasteiger partial charge in [-0.2, -0.15) is 5.73 Å². The van der Waals surface area contributed by atoms with Crippen LogP contribution in [0.4, 0.5) is 0 Å². The van der Waals surface area contributed by atoms with Crippen LogP contribution >= 0.6 is 0 Å². The van der Waals surface area contributed by atoms with Crippen LogP contribution in [0, 0.1) is 0 Å². The van der Waals surface area contributed by atoms with Crippen molar-refractivity contribution in [3.63, 3.8) is 0 Å². The van der Waals surface area contributed by atoms with Crippen molar-refractivity contribution < 1.29 is 0 Å². The van der Waals surface area contributed by atoms with E-state index in [9.17, 15) is 0 Å². The van der Waals surface area contributed by atoms with Crippen LogP contribution in [0.3, 0.4) is 0 Å². The molecule has 0 rings (SSSR count). The van der Waals surface area contributed by atoms with E-state index in [-0.39, 0.29) is 0 Å². The molecule has 0 saturated carbocycles. The molecule has 0 N–H and O–H groups in total. The van der Waals surface area contributed by atoms with E-state index in [0.29, 0.717) is 0 Å². The van der Waals surface area contributed by atoms with Crippen LogP contribution in [0.25, 0.3) is 0 Å². The molecular weight excluding hydrogens is 218 g/mol. The molecule has 2 radical (unpaired) electrons. The van der Waals surface area contributed by atoms with Gasteiger partial charge in [0.05, 0.1) is 0 Å². The molecule has 0 aromatic carbocycles. The Balaban J connectivity index is 2.90. The zero-order chi connectivity index (χ0) is 13.3. The molecule has 0 fully saturated rings. The van der Waals surface area contributed by atoms with E-state index in [2.05, 4.69) is 6.92 Å². The first-order valence-electron chi connectivity index (χ1n) is 8.21. The lowest BCUT2D eigenvalue weighted by Crippen LogP contribution is -1.82.